The van der Waals surface area contributed by atoms with E-state index in [0.29, 0.717) is 12.5 Å². The molecule has 0 aliphatic heterocycles. The van der Waals surface area contributed by atoms with Gasteiger partial charge in [-0.15, -0.1) is 0 Å². The summed E-state index contributed by atoms with van der Waals surface area (Å²) in [5, 5.41) is 4.30. The third kappa shape index (κ3) is 1.69. The average molecular weight is 207 g/mol. The highest BCUT2D eigenvalue weighted by Gasteiger charge is 2.43. The van der Waals surface area contributed by atoms with Crippen molar-refractivity contribution in [3.63, 3.8) is 0 Å². The van der Waals surface area contributed by atoms with E-state index < -0.39 is 0 Å². The molecule has 1 aromatic rings. The summed E-state index contributed by atoms with van der Waals surface area (Å²) in [5.74, 6) is 0.509. The van der Waals surface area contributed by atoms with Crippen molar-refractivity contribution in [1.29, 1.82) is 0 Å². The van der Waals surface area contributed by atoms with Gasteiger partial charge in [0.05, 0.1) is 11.2 Å². The number of aromatic nitrogens is 2. The molecule has 1 unspecified atom stereocenters. The van der Waals surface area contributed by atoms with Crippen molar-refractivity contribution >= 4 is 0 Å². The van der Waals surface area contributed by atoms with Crippen molar-refractivity contribution in [1.82, 2.24) is 9.78 Å². The van der Waals surface area contributed by atoms with Gasteiger partial charge in [-0.2, -0.15) is 5.10 Å². The topological polar surface area (TPSA) is 60.9 Å². The van der Waals surface area contributed by atoms with E-state index in [2.05, 4.69) is 5.10 Å². The molecule has 0 spiro atoms. The van der Waals surface area contributed by atoms with E-state index >= 15 is 0 Å². The Balaban J connectivity index is 2.50. The van der Waals surface area contributed by atoms with Crippen LogP contribution in [0.3, 0.4) is 0 Å². The molecule has 1 heterocycles. The summed E-state index contributed by atoms with van der Waals surface area (Å²) in [6.45, 7) is 4.38. The van der Waals surface area contributed by atoms with Gasteiger partial charge in [-0.3, -0.25) is 4.79 Å². The predicted molar refractivity (Wildman–Crippen MR) is 58.7 cm³/mol. The normalized spacial score (nSPS) is 19.9. The van der Waals surface area contributed by atoms with Gasteiger partial charge in [0.2, 0.25) is 0 Å². The highest BCUT2D eigenvalue weighted by Crippen LogP contribution is 2.42. The second-order valence-corrected chi connectivity index (χ2v) is 4.56. The number of rotatable bonds is 3. The third-order valence-corrected chi connectivity index (χ3v) is 3.29. The van der Waals surface area contributed by atoms with Crippen LogP contribution in [-0.4, -0.2) is 16.3 Å². The van der Waals surface area contributed by atoms with Gasteiger partial charge in [0.25, 0.3) is 5.56 Å². The SMILES string of the molecule is Cc1ccc(=O)n(C(C)(CN)C2CC2)n1. The zero-order valence-electron chi connectivity index (χ0n) is 9.23. The highest BCUT2D eigenvalue weighted by molar-refractivity contribution is 5.03. The van der Waals surface area contributed by atoms with Gasteiger partial charge < -0.3 is 5.73 Å². The summed E-state index contributed by atoms with van der Waals surface area (Å²) in [6.07, 6.45) is 2.30. The zero-order valence-corrected chi connectivity index (χ0v) is 9.23. The average Bonchev–Trinajstić information content (AvgIpc) is 3.04. The van der Waals surface area contributed by atoms with Crippen LogP contribution in [0, 0.1) is 12.8 Å². The molecule has 15 heavy (non-hydrogen) atoms. The lowest BCUT2D eigenvalue weighted by Gasteiger charge is -2.29. The molecule has 0 amide bonds. The van der Waals surface area contributed by atoms with Crippen molar-refractivity contribution in [3.8, 4) is 0 Å². The van der Waals surface area contributed by atoms with Crippen molar-refractivity contribution in [2.24, 2.45) is 11.7 Å². The Morgan fingerprint density at radius 3 is 2.80 bits per heavy atom. The molecule has 82 valence electrons. The van der Waals surface area contributed by atoms with E-state index in [1.54, 1.807) is 16.8 Å². The van der Waals surface area contributed by atoms with Crippen LogP contribution < -0.4 is 11.3 Å². The maximum absolute atomic E-state index is 11.8. The van der Waals surface area contributed by atoms with Gasteiger partial charge in [0, 0.05) is 12.6 Å². The molecule has 0 radical (unpaired) electrons. The van der Waals surface area contributed by atoms with E-state index in [4.69, 9.17) is 5.73 Å². The molecule has 2 N–H and O–H groups in total. The van der Waals surface area contributed by atoms with Crippen LogP contribution in [0.2, 0.25) is 0 Å². The second kappa shape index (κ2) is 3.45. The van der Waals surface area contributed by atoms with E-state index in [1.165, 1.54) is 0 Å². The smallest absolute Gasteiger partial charge is 0.267 e. The first kappa shape index (κ1) is 10.4. The van der Waals surface area contributed by atoms with Crippen molar-refractivity contribution in [2.45, 2.75) is 32.2 Å². The number of nitrogens with zero attached hydrogens (tertiary/aromatic N) is 2. The quantitative estimate of drug-likeness (QED) is 0.791. The van der Waals surface area contributed by atoms with E-state index in [1.807, 2.05) is 13.8 Å². The zero-order chi connectivity index (χ0) is 11.1. The maximum Gasteiger partial charge on any atom is 0.267 e. The molecule has 1 aromatic heterocycles. The fraction of sp³-hybridized carbons (Fsp3) is 0.636. The predicted octanol–water partition coefficient (Wildman–Crippen LogP) is 0.636. The van der Waals surface area contributed by atoms with Crippen molar-refractivity contribution in [2.75, 3.05) is 6.54 Å². The molecule has 1 atom stereocenters. The Hall–Kier alpha value is -1.16. The highest BCUT2D eigenvalue weighted by atomic mass is 16.1. The fourth-order valence-electron chi connectivity index (χ4n) is 2.00. The van der Waals surface area contributed by atoms with Crippen molar-refractivity contribution in [3.05, 3.63) is 28.2 Å². The number of aryl methyl sites for hydroxylation is 1. The minimum absolute atomic E-state index is 0.0551. The monoisotopic (exact) mass is 207 g/mol. The van der Waals surface area contributed by atoms with E-state index in [0.717, 1.165) is 18.5 Å². The molecule has 4 heteroatoms. The maximum atomic E-state index is 11.8. The number of hydrogen-bond donors (Lipinski definition) is 1. The molecule has 1 aliphatic rings. The van der Waals surface area contributed by atoms with Gasteiger partial charge in [-0.05, 0) is 38.7 Å². The Bertz CT molecular complexity index is 422. The van der Waals surface area contributed by atoms with Crippen LogP contribution in [-0.2, 0) is 5.54 Å². The summed E-state index contributed by atoms with van der Waals surface area (Å²) in [6, 6.07) is 3.31. The standard InChI is InChI=1S/C11H17N3O/c1-8-3-6-10(15)14(13-8)11(2,7-12)9-4-5-9/h3,6,9H,4-5,7,12H2,1-2H3. The lowest BCUT2D eigenvalue weighted by Crippen LogP contribution is -2.47. The van der Waals surface area contributed by atoms with Gasteiger partial charge in [-0.25, -0.2) is 4.68 Å². The first-order valence-electron chi connectivity index (χ1n) is 5.35. The molecular formula is C11H17N3O. The molecule has 1 saturated carbocycles. The van der Waals surface area contributed by atoms with Crippen LogP contribution in [0.4, 0.5) is 0 Å². The lowest BCUT2D eigenvalue weighted by molar-refractivity contribution is 0.240. The van der Waals surface area contributed by atoms with Crippen LogP contribution in [0.1, 0.15) is 25.5 Å². The summed E-state index contributed by atoms with van der Waals surface area (Å²) in [5.41, 5.74) is 6.30. The van der Waals surface area contributed by atoms with Gasteiger partial charge in [0.15, 0.2) is 0 Å². The van der Waals surface area contributed by atoms with Gasteiger partial charge >= 0.3 is 0 Å². The van der Waals surface area contributed by atoms with Crippen LogP contribution in [0.25, 0.3) is 0 Å². The van der Waals surface area contributed by atoms with Crippen LogP contribution in [0.15, 0.2) is 16.9 Å². The summed E-state index contributed by atoms with van der Waals surface area (Å²) in [4.78, 5) is 11.8. The van der Waals surface area contributed by atoms with Crippen LogP contribution in [0.5, 0.6) is 0 Å². The number of nitrogens with two attached hydrogens (primary N) is 1. The van der Waals surface area contributed by atoms with Gasteiger partial charge in [0.1, 0.15) is 0 Å². The number of hydrogen-bond acceptors (Lipinski definition) is 3. The Morgan fingerprint density at radius 1 is 1.60 bits per heavy atom. The molecular weight excluding hydrogens is 190 g/mol. The Morgan fingerprint density at radius 2 is 2.27 bits per heavy atom. The first-order chi connectivity index (χ1) is 7.08. The summed E-state index contributed by atoms with van der Waals surface area (Å²) in [7, 11) is 0. The largest absolute Gasteiger partial charge is 0.328 e. The fourth-order valence-corrected chi connectivity index (χ4v) is 2.00. The van der Waals surface area contributed by atoms with Crippen molar-refractivity contribution < 1.29 is 0 Å². The Labute approximate surface area is 89.1 Å². The molecule has 0 bridgehead atoms. The summed E-state index contributed by atoms with van der Waals surface area (Å²) < 4.78 is 1.57. The molecule has 2 rings (SSSR count). The molecule has 0 aromatic carbocycles. The second-order valence-electron chi connectivity index (χ2n) is 4.56. The minimum atomic E-state index is -0.302. The molecule has 1 fully saturated rings. The molecule has 4 nitrogen and oxygen atoms in total. The molecule has 1 aliphatic carbocycles. The van der Waals surface area contributed by atoms with Crippen LogP contribution >= 0.6 is 0 Å². The van der Waals surface area contributed by atoms with Gasteiger partial charge in [-0.1, -0.05) is 0 Å². The Kier molecular flexibility index (Phi) is 2.38. The minimum Gasteiger partial charge on any atom is -0.328 e. The lowest BCUT2D eigenvalue weighted by atomic mass is 9.96. The first-order valence-corrected chi connectivity index (χ1v) is 5.35. The van der Waals surface area contributed by atoms with E-state index in [-0.39, 0.29) is 11.1 Å². The summed E-state index contributed by atoms with van der Waals surface area (Å²) >= 11 is 0. The van der Waals surface area contributed by atoms with E-state index in [9.17, 15) is 4.79 Å². The third-order valence-electron chi connectivity index (χ3n) is 3.29. The molecule has 0 saturated heterocycles.